The highest BCUT2D eigenvalue weighted by molar-refractivity contribution is 5.90. The lowest BCUT2D eigenvalue weighted by atomic mass is 9.87. The van der Waals surface area contributed by atoms with Gasteiger partial charge in [-0.25, -0.2) is 4.79 Å². The number of aliphatic hydroxyl groups excluding tert-OH is 1. The highest BCUT2D eigenvalue weighted by Crippen LogP contribution is 2.34. The Bertz CT molecular complexity index is 834. The van der Waals surface area contributed by atoms with Gasteiger partial charge >= 0.3 is 6.03 Å². The molecule has 3 rings (SSSR count). The molecule has 1 aliphatic rings. The number of hydrogen-bond donors (Lipinski definition) is 2. The predicted octanol–water partition coefficient (Wildman–Crippen LogP) is 4.55. The van der Waals surface area contributed by atoms with Crippen LogP contribution in [0.3, 0.4) is 0 Å². The lowest BCUT2D eigenvalue weighted by Crippen LogP contribution is -2.41. The van der Waals surface area contributed by atoms with Crippen molar-refractivity contribution in [2.45, 2.75) is 32.2 Å². The lowest BCUT2D eigenvalue weighted by molar-refractivity contribution is 0.155. The lowest BCUT2D eigenvalue weighted by Gasteiger charge is -2.35. The van der Waals surface area contributed by atoms with Crippen LogP contribution in [0.2, 0.25) is 0 Å². The Morgan fingerprint density at radius 3 is 2.89 bits per heavy atom. The number of carbonyl (C=O) groups excluding carboxylic acids is 1. The topological polar surface area (TPSA) is 61.8 Å². The number of aliphatic hydroxyl groups is 1. The van der Waals surface area contributed by atoms with Crippen LogP contribution in [0.15, 0.2) is 60.7 Å². The number of urea groups is 1. The summed E-state index contributed by atoms with van der Waals surface area (Å²) in [6, 6.07) is 15.3. The van der Waals surface area contributed by atoms with E-state index in [-0.39, 0.29) is 25.2 Å². The molecule has 0 radical (unpaired) electrons. The highest BCUT2D eigenvalue weighted by Gasteiger charge is 2.28. The zero-order chi connectivity index (χ0) is 19.9. The summed E-state index contributed by atoms with van der Waals surface area (Å²) in [7, 11) is 0. The van der Waals surface area contributed by atoms with Gasteiger partial charge in [0.25, 0.3) is 0 Å². The molecule has 0 saturated heterocycles. The number of fused-ring (bicyclic) bond motifs is 1. The van der Waals surface area contributed by atoms with Crippen molar-refractivity contribution in [3.8, 4) is 5.75 Å². The van der Waals surface area contributed by atoms with Gasteiger partial charge in [-0.1, -0.05) is 36.9 Å². The first-order valence-electron chi connectivity index (χ1n) is 9.72. The molecule has 0 bridgehead atoms. The molecule has 0 saturated carbocycles. The van der Waals surface area contributed by atoms with Crippen LogP contribution in [-0.4, -0.2) is 35.8 Å². The van der Waals surface area contributed by atoms with Gasteiger partial charge < -0.3 is 20.1 Å². The number of ether oxygens (including phenoxy) is 1. The smallest absolute Gasteiger partial charge is 0.322 e. The molecule has 148 valence electrons. The largest absolute Gasteiger partial charge is 0.489 e. The van der Waals surface area contributed by atoms with Crippen LogP contribution < -0.4 is 10.1 Å². The number of benzene rings is 2. The average Bonchev–Trinajstić information content (AvgIpc) is 2.70. The maximum absolute atomic E-state index is 13.0. The normalized spacial score (nSPS) is 15.4. The fourth-order valence-corrected chi connectivity index (χ4v) is 3.62. The molecular formula is C23H28N2O3. The van der Waals surface area contributed by atoms with Crippen molar-refractivity contribution in [2.75, 3.05) is 25.1 Å². The molecule has 2 aromatic carbocycles. The summed E-state index contributed by atoms with van der Waals surface area (Å²) >= 11 is 0. The number of nitrogens with zero attached hydrogens (tertiary/aromatic N) is 1. The first kappa shape index (κ1) is 20.0. The summed E-state index contributed by atoms with van der Waals surface area (Å²) < 4.78 is 5.66. The summed E-state index contributed by atoms with van der Waals surface area (Å²) in [6.45, 7) is 6.38. The van der Waals surface area contributed by atoms with Crippen molar-refractivity contribution in [3.05, 3.63) is 71.8 Å². The van der Waals surface area contributed by atoms with Crippen LogP contribution in [0.5, 0.6) is 5.75 Å². The zero-order valence-electron chi connectivity index (χ0n) is 16.4. The van der Waals surface area contributed by atoms with Gasteiger partial charge in [0.1, 0.15) is 12.4 Å². The molecule has 0 aliphatic heterocycles. The van der Waals surface area contributed by atoms with E-state index in [9.17, 15) is 9.90 Å². The van der Waals surface area contributed by atoms with Crippen LogP contribution >= 0.6 is 0 Å². The maximum Gasteiger partial charge on any atom is 0.322 e. The van der Waals surface area contributed by atoms with Crippen molar-refractivity contribution in [2.24, 2.45) is 0 Å². The minimum atomic E-state index is -0.215. The van der Waals surface area contributed by atoms with Crippen molar-refractivity contribution in [3.63, 3.8) is 0 Å². The van der Waals surface area contributed by atoms with Crippen LogP contribution in [0.25, 0.3) is 0 Å². The summed E-state index contributed by atoms with van der Waals surface area (Å²) in [4.78, 5) is 14.8. The number of nitrogens with one attached hydrogen (secondary N) is 1. The van der Waals surface area contributed by atoms with Crippen LogP contribution in [0, 0.1) is 0 Å². The Morgan fingerprint density at radius 2 is 2.11 bits per heavy atom. The van der Waals surface area contributed by atoms with Crippen molar-refractivity contribution >= 4 is 11.7 Å². The van der Waals surface area contributed by atoms with E-state index in [4.69, 9.17) is 4.74 Å². The molecule has 1 unspecified atom stereocenters. The Labute approximate surface area is 166 Å². The summed E-state index contributed by atoms with van der Waals surface area (Å²) in [5.41, 5.74) is 4.05. The minimum Gasteiger partial charge on any atom is -0.489 e. The molecule has 2 aromatic rings. The minimum absolute atomic E-state index is 0.0278. The zero-order valence-corrected chi connectivity index (χ0v) is 16.4. The van der Waals surface area contributed by atoms with Gasteiger partial charge in [-0.2, -0.15) is 0 Å². The van der Waals surface area contributed by atoms with Gasteiger partial charge in [0.15, 0.2) is 0 Å². The number of carbonyl (C=O) groups is 1. The number of hydrogen-bond acceptors (Lipinski definition) is 3. The van der Waals surface area contributed by atoms with Crippen molar-refractivity contribution in [1.29, 1.82) is 0 Å². The second kappa shape index (κ2) is 9.42. The second-order valence-electron chi connectivity index (χ2n) is 7.23. The third kappa shape index (κ3) is 4.93. The standard InChI is InChI=1S/C23H28N2O3/c1-17(2)16-28-20-10-6-9-19(15-20)24-23(27)25(13-14-26)22-12-5-8-18-7-3-4-11-21(18)22/h3-4,6-7,9-11,15,22,26H,1,5,8,12-14,16H2,2H3,(H,24,27). The third-order valence-corrected chi connectivity index (χ3v) is 4.89. The van der Waals surface area contributed by atoms with Gasteiger partial charge in [0.2, 0.25) is 0 Å². The molecule has 5 nitrogen and oxygen atoms in total. The van der Waals surface area contributed by atoms with E-state index in [1.54, 1.807) is 11.0 Å². The molecule has 0 aromatic heterocycles. The average molecular weight is 380 g/mol. The molecule has 5 heteroatoms. The summed E-state index contributed by atoms with van der Waals surface area (Å²) in [6.07, 6.45) is 2.96. The van der Waals surface area contributed by atoms with Crippen LogP contribution in [0.1, 0.15) is 36.9 Å². The molecule has 28 heavy (non-hydrogen) atoms. The SMILES string of the molecule is C=C(C)COc1cccc(NC(=O)N(CCO)C2CCCc3ccccc32)c1. The summed E-state index contributed by atoms with van der Waals surface area (Å²) in [5.74, 6) is 0.678. The second-order valence-corrected chi connectivity index (χ2v) is 7.23. The van der Waals surface area contributed by atoms with E-state index in [0.717, 1.165) is 24.8 Å². The highest BCUT2D eigenvalue weighted by atomic mass is 16.5. The van der Waals surface area contributed by atoms with Crippen molar-refractivity contribution in [1.82, 2.24) is 4.90 Å². The van der Waals surface area contributed by atoms with Gasteiger partial charge in [-0.3, -0.25) is 0 Å². The molecular weight excluding hydrogens is 352 g/mol. The van der Waals surface area contributed by atoms with Crippen molar-refractivity contribution < 1.29 is 14.6 Å². The number of amides is 2. The van der Waals surface area contributed by atoms with E-state index in [2.05, 4.69) is 24.0 Å². The number of aryl methyl sites for hydroxylation is 1. The number of rotatable bonds is 7. The van der Waals surface area contributed by atoms with Gasteiger partial charge in [-0.15, -0.1) is 0 Å². The monoisotopic (exact) mass is 380 g/mol. The van der Waals surface area contributed by atoms with E-state index >= 15 is 0 Å². The first-order chi connectivity index (χ1) is 13.6. The fraction of sp³-hybridized carbons (Fsp3) is 0.348. The van der Waals surface area contributed by atoms with Gasteiger partial charge in [0, 0.05) is 18.3 Å². The van der Waals surface area contributed by atoms with E-state index in [1.807, 2.05) is 37.3 Å². The third-order valence-electron chi connectivity index (χ3n) is 4.89. The van der Waals surface area contributed by atoms with E-state index in [1.165, 1.54) is 11.1 Å². The Hall–Kier alpha value is -2.79. The van der Waals surface area contributed by atoms with Gasteiger partial charge in [-0.05, 0) is 55.0 Å². The Kier molecular flexibility index (Phi) is 6.71. The first-order valence-corrected chi connectivity index (χ1v) is 9.72. The molecule has 0 fully saturated rings. The summed E-state index contributed by atoms with van der Waals surface area (Å²) in [5, 5.41) is 12.5. The maximum atomic E-state index is 13.0. The molecule has 2 N–H and O–H groups in total. The Morgan fingerprint density at radius 1 is 1.29 bits per heavy atom. The van der Waals surface area contributed by atoms with Gasteiger partial charge in [0.05, 0.1) is 12.6 Å². The predicted molar refractivity (Wildman–Crippen MR) is 112 cm³/mol. The molecule has 1 atom stereocenters. The molecule has 0 spiro atoms. The molecule has 0 heterocycles. The van der Waals surface area contributed by atoms with Crippen LogP contribution in [-0.2, 0) is 6.42 Å². The quantitative estimate of drug-likeness (QED) is 0.693. The molecule has 1 aliphatic carbocycles. The number of anilines is 1. The fourth-order valence-electron chi connectivity index (χ4n) is 3.62. The van der Waals surface area contributed by atoms with E-state index in [0.29, 0.717) is 18.0 Å². The molecule has 2 amide bonds. The van der Waals surface area contributed by atoms with Crippen LogP contribution in [0.4, 0.5) is 10.5 Å². The van der Waals surface area contributed by atoms with E-state index < -0.39 is 0 Å². The Balaban J connectivity index is 1.76.